The van der Waals surface area contributed by atoms with Crippen LogP contribution in [0.25, 0.3) is 0 Å². The molecular weight excluding hydrogens is 712 g/mol. The number of amides is 1. The van der Waals surface area contributed by atoms with Crippen LogP contribution in [-0.4, -0.2) is 109 Å². The van der Waals surface area contributed by atoms with Crippen molar-refractivity contribution in [1.82, 2.24) is 24.8 Å². The van der Waals surface area contributed by atoms with Crippen LogP contribution in [0, 0.1) is 6.92 Å². The molecule has 52 heavy (non-hydrogen) atoms. The van der Waals surface area contributed by atoms with E-state index in [-0.39, 0.29) is 36.3 Å². The largest absolute Gasteiger partial charge is 0.416 e. The standard InChI is InChI=1S/C36H43F6N5O4S/c1-25-28(22-51-43-25)23-52(49,50)24-44-10-5-8-32(21-44)46-14-12-45(13-15-46)31-9-11-47(33(20-31)16-26-6-3-2-4-7-26)34(48)27-17-29(35(37,38)39)19-30(18-27)36(40,41)42/h2-4,6-7,17-19,22,31-33H,5,8-16,20-21,23-24H2,1H3. The van der Waals surface area contributed by atoms with Gasteiger partial charge in [0.05, 0.1) is 22.6 Å². The lowest BCUT2D eigenvalue weighted by molar-refractivity contribution is -0.143. The van der Waals surface area contributed by atoms with Gasteiger partial charge in [0.1, 0.15) is 12.1 Å². The van der Waals surface area contributed by atoms with E-state index in [4.69, 9.17) is 4.52 Å². The summed E-state index contributed by atoms with van der Waals surface area (Å²) in [5.41, 5.74) is -1.61. The average Bonchev–Trinajstić information content (AvgIpc) is 3.50. The number of aromatic nitrogens is 1. The van der Waals surface area contributed by atoms with E-state index >= 15 is 0 Å². The van der Waals surface area contributed by atoms with Crippen molar-refractivity contribution in [2.75, 3.05) is 51.7 Å². The van der Waals surface area contributed by atoms with Gasteiger partial charge in [-0.25, -0.2) is 8.42 Å². The summed E-state index contributed by atoms with van der Waals surface area (Å²) in [5.74, 6) is -1.00. The molecule has 0 aliphatic carbocycles. The molecule has 4 heterocycles. The zero-order valence-corrected chi connectivity index (χ0v) is 29.7. The highest BCUT2D eigenvalue weighted by atomic mass is 32.2. The molecule has 1 amide bonds. The predicted octanol–water partition coefficient (Wildman–Crippen LogP) is 5.89. The molecule has 0 spiro atoms. The van der Waals surface area contributed by atoms with Gasteiger partial charge in [0.25, 0.3) is 5.91 Å². The first kappa shape index (κ1) is 38.3. The molecule has 6 rings (SSSR count). The van der Waals surface area contributed by atoms with Gasteiger partial charge in [-0.3, -0.25) is 19.5 Å². The van der Waals surface area contributed by atoms with Crippen LogP contribution >= 0.6 is 0 Å². The fraction of sp³-hybridized carbons (Fsp3) is 0.556. The minimum absolute atomic E-state index is 0.0355. The molecule has 0 bridgehead atoms. The number of aryl methyl sites for hydroxylation is 1. The first-order chi connectivity index (χ1) is 24.6. The first-order valence-corrected chi connectivity index (χ1v) is 19.3. The maximum absolute atomic E-state index is 13.8. The molecular formula is C36H43F6N5O4S. The molecule has 3 saturated heterocycles. The van der Waals surface area contributed by atoms with Crippen LogP contribution in [0.5, 0.6) is 0 Å². The van der Waals surface area contributed by atoms with Crippen molar-refractivity contribution in [3.8, 4) is 0 Å². The number of hydrogen-bond acceptors (Lipinski definition) is 8. The number of benzene rings is 2. The minimum Gasteiger partial charge on any atom is -0.364 e. The number of alkyl halides is 6. The van der Waals surface area contributed by atoms with E-state index in [1.807, 2.05) is 35.2 Å². The fourth-order valence-electron chi connectivity index (χ4n) is 7.88. The summed E-state index contributed by atoms with van der Waals surface area (Å²) in [6, 6.07) is 10.3. The van der Waals surface area contributed by atoms with Gasteiger partial charge in [-0.05, 0) is 69.3 Å². The quantitative estimate of drug-likeness (QED) is 0.250. The molecule has 9 nitrogen and oxygen atoms in total. The molecule has 3 atom stereocenters. The second kappa shape index (κ2) is 15.5. The third-order valence-corrected chi connectivity index (χ3v) is 12.1. The summed E-state index contributed by atoms with van der Waals surface area (Å²) >= 11 is 0. The van der Waals surface area contributed by atoms with Crippen molar-refractivity contribution >= 4 is 15.7 Å². The number of nitrogens with zero attached hydrogens (tertiary/aromatic N) is 5. The normalized spacial score (nSPS) is 23.2. The second-order valence-electron chi connectivity index (χ2n) is 14.2. The van der Waals surface area contributed by atoms with E-state index < -0.39 is 50.8 Å². The van der Waals surface area contributed by atoms with Crippen molar-refractivity contribution in [2.24, 2.45) is 0 Å². The molecule has 3 fully saturated rings. The zero-order chi connectivity index (χ0) is 37.3. The van der Waals surface area contributed by atoms with Crippen LogP contribution in [0.4, 0.5) is 26.3 Å². The Morgan fingerprint density at radius 1 is 0.865 bits per heavy atom. The summed E-state index contributed by atoms with van der Waals surface area (Å²) in [5, 5.41) is 3.78. The Kier molecular flexibility index (Phi) is 11.4. The van der Waals surface area contributed by atoms with Gasteiger partial charge in [0.15, 0.2) is 9.84 Å². The summed E-state index contributed by atoms with van der Waals surface area (Å²) < 4.78 is 113. The number of sulfone groups is 1. The Morgan fingerprint density at radius 2 is 1.50 bits per heavy atom. The highest BCUT2D eigenvalue weighted by Gasteiger charge is 2.41. The van der Waals surface area contributed by atoms with E-state index in [0.717, 1.165) is 44.6 Å². The van der Waals surface area contributed by atoms with Gasteiger partial charge in [0.2, 0.25) is 0 Å². The molecule has 3 aliphatic rings. The topological polar surface area (TPSA) is 90.2 Å². The van der Waals surface area contributed by atoms with Crippen LogP contribution in [0.3, 0.4) is 0 Å². The number of carbonyl (C=O) groups is 1. The SMILES string of the molecule is Cc1nocc1CS(=O)(=O)CN1CCCC(N2CCN(C3CCN(C(=O)c4cc(C(F)(F)F)cc(C(F)(F)F)c4)C(Cc4ccccc4)C3)CC2)C1. The van der Waals surface area contributed by atoms with E-state index in [2.05, 4.69) is 15.0 Å². The van der Waals surface area contributed by atoms with E-state index in [1.165, 1.54) is 11.2 Å². The zero-order valence-electron chi connectivity index (χ0n) is 28.9. The number of piperazine rings is 1. The van der Waals surface area contributed by atoms with Crippen molar-refractivity contribution in [3.63, 3.8) is 0 Å². The summed E-state index contributed by atoms with van der Waals surface area (Å²) in [7, 11) is -3.41. The average molecular weight is 756 g/mol. The highest BCUT2D eigenvalue weighted by Crippen LogP contribution is 2.37. The van der Waals surface area contributed by atoms with Crippen molar-refractivity contribution in [3.05, 3.63) is 88.3 Å². The van der Waals surface area contributed by atoms with Crippen LogP contribution in [-0.2, 0) is 34.4 Å². The van der Waals surface area contributed by atoms with E-state index in [9.17, 15) is 39.6 Å². The Balaban J connectivity index is 1.10. The fourth-order valence-corrected chi connectivity index (χ4v) is 9.51. The number of carbonyl (C=O) groups excluding carboxylic acids is 1. The number of piperidine rings is 2. The number of halogens is 6. The van der Waals surface area contributed by atoms with Crippen molar-refractivity contribution in [1.29, 1.82) is 0 Å². The van der Waals surface area contributed by atoms with Crippen molar-refractivity contribution in [2.45, 2.75) is 75.3 Å². The number of hydrogen-bond donors (Lipinski definition) is 0. The second-order valence-corrected chi connectivity index (χ2v) is 16.2. The summed E-state index contributed by atoms with van der Waals surface area (Å²) in [4.78, 5) is 22.0. The number of rotatable bonds is 9. The smallest absolute Gasteiger partial charge is 0.364 e. The third kappa shape index (κ3) is 9.36. The highest BCUT2D eigenvalue weighted by molar-refractivity contribution is 7.90. The Morgan fingerprint density at radius 3 is 2.10 bits per heavy atom. The van der Waals surface area contributed by atoms with Gasteiger partial charge in [-0.2, -0.15) is 26.3 Å². The molecule has 16 heteroatoms. The van der Waals surface area contributed by atoms with E-state index in [0.29, 0.717) is 55.7 Å². The Hall–Kier alpha value is -3.47. The predicted molar refractivity (Wildman–Crippen MR) is 181 cm³/mol. The van der Waals surface area contributed by atoms with E-state index in [1.54, 1.807) is 6.92 Å². The van der Waals surface area contributed by atoms with Crippen LogP contribution in [0.15, 0.2) is 59.3 Å². The van der Waals surface area contributed by atoms with Crippen molar-refractivity contribution < 1.29 is 44.1 Å². The molecule has 0 saturated carbocycles. The van der Waals surface area contributed by atoms with Gasteiger partial charge in [0, 0.05) is 68.5 Å². The number of likely N-dealkylation sites (tertiary alicyclic amines) is 2. The molecule has 2 aromatic carbocycles. The molecule has 3 aliphatic heterocycles. The lowest BCUT2D eigenvalue weighted by atomic mass is 9.90. The third-order valence-electron chi connectivity index (χ3n) is 10.6. The monoisotopic (exact) mass is 755 g/mol. The first-order valence-electron chi connectivity index (χ1n) is 17.5. The maximum Gasteiger partial charge on any atom is 0.416 e. The molecule has 1 aromatic heterocycles. The molecule has 284 valence electrons. The minimum atomic E-state index is -5.06. The van der Waals surface area contributed by atoms with Gasteiger partial charge < -0.3 is 9.42 Å². The van der Waals surface area contributed by atoms with Crippen LogP contribution < -0.4 is 0 Å². The van der Waals surface area contributed by atoms with Crippen LogP contribution in [0.1, 0.15) is 64.0 Å². The van der Waals surface area contributed by atoms with Gasteiger partial charge in [-0.1, -0.05) is 35.5 Å². The lowest BCUT2D eigenvalue weighted by Gasteiger charge is -2.48. The molecule has 3 unspecified atom stereocenters. The Labute approximate surface area is 299 Å². The molecule has 3 aromatic rings. The van der Waals surface area contributed by atoms with Gasteiger partial charge >= 0.3 is 12.4 Å². The van der Waals surface area contributed by atoms with Gasteiger partial charge in [-0.15, -0.1) is 0 Å². The lowest BCUT2D eigenvalue weighted by Crippen LogP contribution is -2.59. The molecule has 0 radical (unpaired) electrons. The van der Waals surface area contributed by atoms with Crippen LogP contribution in [0.2, 0.25) is 0 Å². The summed E-state index contributed by atoms with van der Waals surface area (Å²) in [6.07, 6.45) is -5.43. The maximum atomic E-state index is 13.8. The Bertz CT molecular complexity index is 1760. The summed E-state index contributed by atoms with van der Waals surface area (Å²) in [6.45, 7) is 6.31. The molecule has 0 N–H and O–H groups in total.